The SMILES string of the molecule is CCC(C)CCCCCCCCCCCCCCCCCCCCC(=O)O[C@H](COC(=O)CCCCCCCCCC(C)C)COP(=O)(O)OCC(O)COP(=O)(O)OC[C@@H](COC(=O)CCCCCCCCCCCCCCC(C)C)OC(=O)CCCCCCCCCCCCC(C)C. The second-order valence-electron chi connectivity index (χ2n) is 30.8. The summed E-state index contributed by atoms with van der Waals surface area (Å²) in [6, 6.07) is 0. The second-order valence-corrected chi connectivity index (χ2v) is 33.7. The van der Waals surface area contributed by atoms with E-state index in [9.17, 15) is 43.2 Å². The number of esters is 4. The lowest BCUT2D eigenvalue weighted by Crippen LogP contribution is -2.30. The van der Waals surface area contributed by atoms with Gasteiger partial charge in [-0.1, -0.05) is 364 Å². The Balaban J connectivity index is 5.19. The molecule has 0 aliphatic carbocycles. The fraction of sp³-hybridized carbons (Fsp3) is 0.951. The van der Waals surface area contributed by atoms with Gasteiger partial charge < -0.3 is 33.8 Å². The predicted molar refractivity (Wildman–Crippen MR) is 409 cm³/mol. The highest BCUT2D eigenvalue weighted by atomic mass is 31.2. The number of hydrogen-bond donors (Lipinski definition) is 3. The van der Waals surface area contributed by atoms with Crippen LogP contribution in [0.3, 0.4) is 0 Å². The van der Waals surface area contributed by atoms with Gasteiger partial charge in [0.1, 0.15) is 19.3 Å². The van der Waals surface area contributed by atoms with E-state index in [0.29, 0.717) is 31.6 Å². The first-order valence-electron chi connectivity index (χ1n) is 41.7. The van der Waals surface area contributed by atoms with Crippen molar-refractivity contribution >= 4 is 39.5 Å². The van der Waals surface area contributed by atoms with Crippen molar-refractivity contribution < 1.29 is 80.2 Å². The molecule has 0 fully saturated rings. The highest BCUT2D eigenvalue weighted by molar-refractivity contribution is 7.47. The summed E-state index contributed by atoms with van der Waals surface area (Å²) in [5.41, 5.74) is 0. The van der Waals surface area contributed by atoms with Crippen LogP contribution in [0.1, 0.15) is 415 Å². The minimum absolute atomic E-state index is 0.106. The number of aliphatic hydroxyl groups excluding tert-OH is 1. The van der Waals surface area contributed by atoms with E-state index in [1.54, 1.807) is 0 Å². The topological polar surface area (TPSA) is 237 Å². The number of ether oxygens (including phenoxy) is 4. The summed E-state index contributed by atoms with van der Waals surface area (Å²) in [6.45, 7) is 14.3. The normalized spacial score (nSPS) is 14.3. The van der Waals surface area contributed by atoms with Crippen LogP contribution >= 0.6 is 15.6 Å². The van der Waals surface area contributed by atoms with Crippen LogP contribution in [0.15, 0.2) is 0 Å². The molecule has 19 heteroatoms. The average Bonchev–Trinajstić information content (AvgIpc) is 0.937. The summed E-state index contributed by atoms with van der Waals surface area (Å²) in [6.07, 6.45) is 57.0. The molecule has 0 bridgehead atoms. The van der Waals surface area contributed by atoms with Gasteiger partial charge in [0.2, 0.25) is 0 Å². The number of hydrogen-bond acceptors (Lipinski definition) is 15. The molecule has 3 N–H and O–H groups in total. The lowest BCUT2D eigenvalue weighted by molar-refractivity contribution is -0.161. The van der Waals surface area contributed by atoms with E-state index in [2.05, 4.69) is 55.4 Å². The highest BCUT2D eigenvalue weighted by Crippen LogP contribution is 2.45. The van der Waals surface area contributed by atoms with E-state index in [1.807, 2.05) is 0 Å². The van der Waals surface area contributed by atoms with E-state index in [-0.39, 0.29) is 25.7 Å². The molecule has 100 heavy (non-hydrogen) atoms. The zero-order valence-electron chi connectivity index (χ0n) is 65.8. The van der Waals surface area contributed by atoms with Crippen molar-refractivity contribution in [1.82, 2.24) is 0 Å². The molecule has 0 radical (unpaired) electrons. The van der Waals surface area contributed by atoms with Gasteiger partial charge in [-0.15, -0.1) is 0 Å². The van der Waals surface area contributed by atoms with Crippen molar-refractivity contribution in [3.63, 3.8) is 0 Å². The Hall–Kier alpha value is -1.94. The molecule has 6 atom stereocenters. The maximum absolute atomic E-state index is 13.1. The quantitative estimate of drug-likeness (QED) is 0.0222. The molecule has 0 spiro atoms. The molecule has 0 aliphatic rings. The molecule has 0 heterocycles. The number of phosphoric acid groups is 2. The maximum atomic E-state index is 13.1. The van der Waals surface area contributed by atoms with Gasteiger partial charge in [-0.3, -0.25) is 37.3 Å². The lowest BCUT2D eigenvalue weighted by atomic mass is 9.99. The average molecular weight is 1470 g/mol. The largest absolute Gasteiger partial charge is 0.472 e. The minimum Gasteiger partial charge on any atom is -0.462 e. The van der Waals surface area contributed by atoms with Crippen LogP contribution in [0.25, 0.3) is 0 Å². The molecular weight excluding hydrogens is 1310 g/mol. The number of carbonyl (C=O) groups excluding carboxylic acids is 4. The third-order valence-corrected chi connectivity index (χ3v) is 21.1. The van der Waals surface area contributed by atoms with Gasteiger partial charge in [0.05, 0.1) is 26.4 Å². The Labute approximate surface area is 613 Å². The van der Waals surface area contributed by atoms with Crippen molar-refractivity contribution in [2.45, 2.75) is 433 Å². The summed E-state index contributed by atoms with van der Waals surface area (Å²) in [5, 5.41) is 10.6. The molecule has 0 aliphatic heterocycles. The summed E-state index contributed by atoms with van der Waals surface area (Å²) >= 11 is 0. The van der Waals surface area contributed by atoms with Crippen LogP contribution in [0.5, 0.6) is 0 Å². The lowest BCUT2D eigenvalue weighted by Gasteiger charge is -2.21. The van der Waals surface area contributed by atoms with Crippen LogP contribution in [0.4, 0.5) is 0 Å². The Kier molecular flexibility index (Phi) is 68.7. The third-order valence-electron chi connectivity index (χ3n) is 19.2. The van der Waals surface area contributed by atoms with E-state index < -0.39 is 97.5 Å². The van der Waals surface area contributed by atoms with Crippen molar-refractivity contribution in [2.24, 2.45) is 23.7 Å². The molecule has 0 saturated carbocycles. The van der Waals surface area contributed by atoms with Crippen LogP contribution < -0.4 is 0 Å². The highest BCUT2D eigenvalue weighted by Gasteiger charge is 2.30. The van der Waals surface area contributed by atoms with Crippen LogP contribution in [0.2, 0.25) is 0 Å². The Morgan fingerprint density at radius 1 is 0.280 bits per heavy atom. The Morgan fingerprint density at radius 3 is 0.710 bits per heavy atom. The molecule has 17 nitrogen and oxygen atoms in total. The summed E-state index contributed by atoms with van der Waals surface area (Å²) < 4.78 is 68.7. The standard InChI is InChI=1S/C81H158O17P2/c1-9-74(8)60-52-44-36-28-21-16-14-12-10-11-13-15-17-23-30-38-47-55-63-80(85)98-77(68-92-79(84)62-54-46-40-32-35-43-51-59-73(6)7)70-96-100(89,90)94-66-75(82)65-93-99(87,88)95-69-76(97-81(86)64-56-48-39-31-25-24-27-34-42-50-58-72(4)5)67-91-78(83)61-53-45-37-29-22-19-18-20-26-33-41-49-57-71(2)3/h71-77,82H,9-70H2,1-8H3,(H,87,88)(H,89,90)/t74?,75?,76-,77-/m1/s1. The van der Waals surface area contributed by atoms with Gasteiger partial charge in [0.25, 0.3) is 0 Å². The van der Waals surface area contributed by atoms with Gasteiger partial charge in [-0.05, 0) is 49.4 Å². The number of carbonyl (C=O) groups is 4. The van der Waals surface area contributed by atoms with Crippen LogP contribution in [-0.2, 0) is 65.4 Å². The minimum atomic E-state index is -4.96. The second kappa shape index (κ2) is 70.1. The smallest absolute Gasteiger partial charge is 0.462 e. The van der Waals surface area contributed by atoms with Gasteiger partial charge in [-0.2, -0.15) is 0 Å². The van der Waals surface area contributed by atoms with Crippen molar-refractivity contribution in [2.75, 3.05) is 39.6 Å². The molecule has 594 valence electrons. The molecule has 0 rings (SSSR count). The van der Waals surface area contributed by atoms with E-state index in [4.69, 9.17) is 37.0 Å². The molecule has 0 aromatic carbocycles. The van der Waals surface area contributed by atoms with Crippen LogP contribution in [0, 0.1) is 23.7 Å². The fourth-order valence-corrected chi connectivity index (χ4v) is 14.0. The number of aliphatic hydroxyl groups is 1. The first-order chi connectivity index (χ1) is 48.1. The molecule has 0 saturated heterocycles. The first-order valence-corrected chi connectivity index (χ1v) is 44.7. The fourth-order valence-electron chi connectivity index (χ4n) is 12.4. The Morgan fingerprint density at radius 2 is 0.480 bits per heavy atom. The van der Waals surface area contributed by atoms with Crippen molar-refractivity contribution in [3.8, 4) is 0 Å². The number of phosphoric ester groups is 2. The zero-order valence-corrected chi connectivity index (χ0v) is 67.6. The number of unbranched alkanes of at least 4 members (excludes halogenated alkanes) is 43. The molecule has 0 aromatic heterocycles. The molecule has 0 aromatic rings. The molecule has 4 unspecified atom stereocenters. The van der Waals surface area contributed by atoms with E-state index in [0.717, 1.165) is 114 Å². The first kappa shape index (κ1) is 98.1. The predicted octanol–water partition coefficient (Wildman–Crippen LogP) is 24.0. The van der Waals surface area contributed by atoms with E-state index in [1.165, 1.54) is 212 Å². The van der Waals surface area contributed by atoms with Gasteiger partial charge >= 0.3 is 39.5 Å². The van der Waals surface area contributed by atoms with Crippen LogP contribution in [-0.4, -0.2) is 96.7 Å². The Bertz CT molecular complexity index is 1960. The summed E-state index contributed by atoms with van der Waals surface area (Å²) in [4.78, 5) is 73.0. The van der Waals surface area contributed by atoms with Gasteiger partial charge in [0, 0.05) is 25.7 Å². The maximum Gasteiger partial charge on any atom is 0.472 e. The van der Waals surface area contributed by atoms with E-state index >= 15 is 0 Å². The van der Waals surface area contributed by atoms with Crippen molar-refractivity contribution in [1.29, 1.82) is 0 Å². The van der Waals surface area contributed by atoms with Gasteiger partial charge in [0.15, 0.2) is 12.2 Å². The zero-order chi connectivity index (χ0) is 73.8. The summed E-state index contributed by atoms with van der Waals surface area (Å²) in [7, 11) is -9.92. The van der Waals surface area contributed by atoms with Crippen molar-refractivity contribution in [3.05, 3.63) is 0 Å². The molecular formula is C81H158O17P2. The third kappa shape index (κ3) is 73.0. The van der Waals surface area contributed by atoms with Gasteiger partial charge in [-0.25, -0.2) is 9.13 Å². The number of rotatable bonds is 78. The molecule has 0 amide bonds. The summed E-state index contributed by atoms with van der Waals surface area (Å²) in [5.74, 6) is 0.994. The monoisotopic (exact) mass is 1470 g/mol.